The molecule has 166 valence electrons. The van der Waals surface area contributed by atoms with Gasteiger partial charge in [0.25, 0.3) is 5.56 Å². The molecule has 3 aromatic rings. The molecular formula is C22H27Cl2N5O2. The minimum absolute atomic E-state index is 0.350. The van der Waals surface area contributed by atoms with Gasteiger partial charge >= 0.3 is 5.69 Å². The lowest BCUT2D eigenvalue weighted by molar-refractivity contribution is 0.130. The second kappa shape index (κ2) is 8.45. The van der Waals surface area contributed by atoms with E-state index in [0.29, 0.717) is 46.1 Å². The maximum Gasteiger partial charge on any atom is 0.332 e. The van der Waals surface area contributed by atoms with Crippen LogP contribution in [0.1, 0.15) is 31.7 Å². The van der Waals surface area contributed by atoms with Gasteiger partial charge in [0.1, 0.15) is 5.82 Å². The lowest BCUT2D eigenvalue weighted by Gasteiger charge is -2.34. The van der Waals surface area contributed by atoms with Gasteiger partial charge in [-0.2, -0.15) is 0 Å². The number of piperidine rings is 1. The first kappa shape index (κ1) is 22.1. The highest BCUT2D eigenvalue weighted by Gasteiger charge is 2.25. The lowest BCUT2D eigenvalue weighted by Crippen LogP contribution is -2.39. The molecule has 9 heteroatoms. The highest BCUT2D eigenvalue weighted by molar-refractivity contribution is 6.42. The number of hydrogen-bond acceptors (Lipinski definition) is 4. The summed E-state index contributed by atoms with van der Waals surface area (Å²) in [4.78, 5) is 32.7. The van der Waals surface area contributed by atoms with Crippen LogP contribution < -0.4 is 11.2 Å². The van der Waals surface area contributed by atoms with Crippen LogP contribution in [0.25, 0.3) is 11.2 Å². The highest BCUT2D eigenvalue weighted by atomic mass is 35.5. The van der Waals surface area contributed by atoms with Crippen molar-refractivity contribution in [2.24, 2.45) is 25.9 Å². The second-order valence-electron chi connectivity index (χ2n) is 8.88. The zero-order valence-corrected chi connectivity index (χ0v) is 19.7. The first-order valence-electron chi connectivity index (χ1n) is 10.5. The van der Waals surface area contributed by atoms with E-state index in [2.05, 4.69) is 18.7 Å². The molecular weight excluding hydrogens is 437 g/mol. The molecule has 2 atom stereocenters. The number of aryl methyl sites for hydroxylation is 1. The van der Waals surface area contributed by atoms with Crippen molar-refractivity contribution in [1.82, 2.24) is 23.6 Å². The van der Waals surface area contributed by atoms with Gasteiger partial charge in [-0.3, -0.25) is 18.8 Å². The largest absolute Gasteiger partial charge is 0.332 e. The van der Waals surface area contributed by atoms with E-state index >= 15 is 0 Å². The van der Waals surface area contributed by atoms with Gasteiger partial charge in [-0.15, -0.1) is 0 Å². The lowest BCUT2D eigenvalue weighted by atomic mass is 9.92. The van der Waals surface area contributed by atoms with Crippen LogP contribution in [0.4, 0.5) is 0 Å². The van der Waals surface area contributed by atoms with Crippen molar-refractivity contribution in [3.05, 3.63) is 60.5 Å². The molecule has 0 N–H and O–H groups in total. The number of halogens is 2. The number of aromatic nitrogens is 4. The zero-order valence-electron chi connectivity index (χ0n) is 18.2. The third kappa shape index (κ3) is 4.19. The predicted molar refractivity (Wildman–Crippen MR) is 124 cm³/mol. The molecule has 1 saturated heterocycles. The molecule has 0 unspecified atom stereocenters. The van der Waals surface area contributed by atoms with Crippen LogP contribution in [0.15, 0.2) is 27.8 Å². The smallest absolute Gasteiger partial charge is 0.317 e. The van der Waals surface area contributed by atoms with Crippen molar-refractivity contribution in [2.45, 2.75) is 33.4 Å². The number of likely N-dealkylation sites (tertiary alicyclic amines) is 1. The van der Waals surface area contributed by atoms with E-state index in [9.17, 15) is 9.59 Å². The van der Waals surface area contributed by atoms with Crippen LogP contribution in [0.2, 0.25) is 10.0 Å². The van der Waals surface area contributed by atoms with Crippen molar-refractivity contribution < 1.29 is 0 Å². The fraction of sp³-hybridized carbons (Fsp3) is 0.500. The number of fused-ring (bicyclic) bond motifs is 1. The molecule has 0 saturated carbocycles. The maximum absolute atomic E-state index is 13.1. The fourth-order valence-corrected chi connectivity index (χ4v) is 5.04. The van der Waals surface area contributed by atoms with Crippen LogP contribution >= 0.6 is 23.2 Å². The summed E-state index contributed by atoms with van der Waals surface area (Å²) in [5, 5.41) is 0.944. The summed E-state index contributed by atoms with van der Waals surface area (Å²) in [6, 6.07) is 5.44. The molecule has 7 nitrogen and oxygen atoms in total. The van der Waals surface area contributed by atoms with Gasteiger partial charge in [0.05, 0.1) is 16.6 Å². The Kier molecular flexibility index (Phi) is 6.03. The van der Waals surface area contributed by atoms with Crippen molar-refractivity contribution in [3.8, 4) is 0 Å². The maximum atomic E-state index is 13.1. The van der Waals surface area contributed by atoms with E-state index in [1.165, 1.54) is 18.0 Å². The quantitative estimate of drug-likeness (QED) is 0.595. The Labute approximate surface area is 190 Å². The molecule has 2 aromatic heterocycles. The SMILES string of the molecule is C[C@@H]1C[C@H](C)CN(Cc2nc3c(c(=O)n(C)c(=O)n3C)n2Cc2ccc(Cl)c(Cl)c2)C1. The Balaban J connectivity index is 1.85. The van der Waals surface area contributed by atoms with Gasteiger partial charge in [-0.05, 0) is 36.0 Å². The fourth-order valence-electron chi connectivity index (χ4n) is 4.72. The third-order valence-electron chi connectivity index (χ3n) is 6.06. The monoisotopic (exact) mass is 463 g/mol. The van der Waals surface area contributed by atoms with E-state index in [0.717, 1.165) is 29.0 Å². The average Bonchev–Trinajstić information content (AvgIpc) is 3.05. The number of nitrogens with zero attached hydrogens (tertiary/aromatic N) is 5. The summed E-state index contributed by atoms with van der Waals surface area (Å²) < 4.78 is 4.48. The molecule has 0 aliphatic carbocycles. The first-order valence-corrected chi connectivity index (χ1v) is 11.2. The molecule has 0 radical (unpaired) electrons. The molecule has 0 spiro atoms. The number of hydrogen-bond donors (Lipinski definition) is 0. The Hall–Kier alpha value is -2.09. The average molecular weight is 464 g/mol. The van der Waals surface area contributed by atoms with E-state index in [4.69, 9.17) is 28.2 Å². The summed E-state index contributed by atoms with van der Waals surface area (Å²) in [5.74, 6) is 1.98. The summed E-state index contributed by atoms with van der Waals surface area (Å²) in [6.45, 7) is 7.52. The molecule has 3 heterocycles. The van der Waals surface area contributed by atoms with Crippen LogP contribution in [0, 0.1) is 11.8 Å². The topological polar surface area (TPSA) is 65.1 Å². The molecule has 1 aliphatic rings. The van der Waals surface area contributed by atoms with Gasteiger partial charge in [-0.1, -0.05) is 43.1 Å². The van der Waals surface area contributed by atoms with Crippen molar-refractivity contribution in [1.29, 1.82) is 0 Å². The van der Waals surface area contributed by atoms with Gasteiger partial charge in [0.15, 0.2) is 11.2 Å². The Morgan fingerprint density at radius 3 is 2.32 bits per heavy atom. The molecule has 4 rings (SSSR count). The molecule has 1 aromatic carbocycles. The van der Waals surface area contributed by atoms with E-state index in [1.807, 2.05) is 10.6 Å². The van der Waals surface area contributed by atoms with E-state index in [1.54, 1.807) is 19.2 Å². The van der Waals surface area contributed by atoms with Crippen LogP contribution in [-0.2, 0) is 27.2 Å². The van der Waals surface area contributed by atoms with Crippen molar-refractivity contribution in [2.75, 3.05) is 13.1 Å². The standard InChI is InChI=1S/C22H27Cl2N5O2/c1-13-7-14(2)10-28(9-13)12-18-25-20-19(21(30)27(4)22(31)26(20)3)29(18)11-15-5-6-16(23)17(24)8-15/h5-6,8,13-14H,7,9-12H2,1-4H3/t13-,14+. The highest BCUT2D eigenvalue weighted by Crippen LogP contribution is 2.26. The van der Waals surface area contributed by atoms with Gasteiger partial charge in [0.2, 0.25) is 0 Å². The zero-order chi connectivity index (χ0) is 22.4. The van der Waals surface area contributed by atoms with Crippen molar-refractivity contribution in [3.63, 3.8) is 0 Å². The second-order valence-corrected chi connectivity index (χ2v) is 9.70. The molecule has 1 aliphatic heterocycles. The molecule has 31 heavy (non-hydrogen) atoms. The van der Waals surface area contributed by atoms with Gasteiger partial charge in [-0.25, -0.2) is 9.78 Å². The van der Waals surface area contributed by atoms with Crippen molar-refractivity contribution >= 4 is 34.4 Å². The molecule has 0 bridgehead atoms. The normalized spacial score (nSPS) is 19.9. The van der Waals surface area contributed by atoms with Crippen LogP contribution in [-0.4, -0.2) is 36.7 Å². The minimum atomic E-state index is -0.386. The van der Waals surface area contributed by atoms with Gasteiger partial charge < -0.3 is 4.57 Å². The van der Waals surface area contributed by atoms with E-state index < -0.39 is 0 Å². The third-order valence-corrected chi connectivity index (χ3v) is 6.80. The predicted octanol–water partition coefficient (Wildman–Crippen LogP) is 3.27. The first-order chi connectivity index (χ1) is 14.7. The number of rotatable bonds is 4. The summed E-state index contributed by atoms with van der Waals surface area (Å²) in [7, 11) is 3.14. The van der Waals surface area contributed by atoms with Crippen LogP contribution in [0.3, 0.4) is 0 Å². The number of imidazole rings is 1. The van der Waals surface area contributed by atoms with Gasteiger partial charge in [0, 0.05) is 33.7 Å². The molecule has 1 fully saturated rings. The summed E-state index contributed by atoms with van der Waals surface area (Å²) >= 11 is 12.3. The summed E-state index contributed by atoms with van der Waals surface area (Å²) in [5.41, 5.74) is 0.997. The Morgan fingerprint density at radius 2 is 1.68 bits per heavy atom. The number of benzene rings is 1. The Morgan fingerprint density at radius 1 is 1.00 bits per heavy atom. The Bertz CT molecular complexity index is 1250. The van der Waals surface area contributed by atoms with E-state index in [-0.39, 0.29) is 11.2 Å². The molecule has 0 amide bonds. The summed E-state index contributed by atoms with van der Waals surface area (Å²) in [6.07, 6.45) is 1.21. The minimum Gasteiger partial charge on any atom is -0.317 e. The van der Waals surface area contributed by atoms with Crippen LogP contribution in [0.5, 0.6) is 0 Å².